The van der Waals surface area contributed by atoms with Gasteiger partial charge in [-0.25, -0.2) is 0 Å². The molecule has 0 bridgehead atoms. The van der Waals surface area contributed by atoms with Crippen LogP contribution >= 0.6 is 0 Å². The van der Waals surface area contributed by atoms with Gasteiger partial charge in [0.25, 0.3) is 23.6 Å². The first-order chi connectivity index (χ1) is 12.5. The topological polar surface area (TPSA) is 74.8 Å². The van der Waals surface area contributed by atoms with Crippen LogP contribution in [0.2, 0.25) is 0 Å². The highest BCUT2D eigenvalue weighted by atomic mass is 16.2. The molecule has 0 aromatic rings. The molecule has 6 nitrogen and oxygen atoms in total. The molecule has 1 atom stereocenters. The van der Waals surface area contributed by atoms with E-state index in [1.165, 1.54) is 40.5 Å². The predicted octanol–water partition coefficient (Wildman–Crippen LogP) is 2.74. The first kappa shape index (κ1) is 20.1. The van der Waals surface area contributed by atoms with E-state index in [0.717, 1.165) is 51.4 Å². The van der Waals surface area contributed by atoms with Crippen molar-refractivity contribution in [3.05, 3.63) is 24.3 Å². The average molecular weight is 360 g/mol. The van der Waals surface area contributed by atoms with Crippen LogP contribution in [-0.2, 0) is 19.2 Å². The molecule has 2 aliphatic rings. The van der Waals surface area contributed by atoms with Crippen molar-refractivity contribution < 1.29 is 19.2 Å². The smallest absolute Gasteiger partial charge is 0.253 e. The van der Waals surface area contributed by atoms with Crippen LogP contribution in [0.4, 0.5) is 0 Å². The number of imide groups is 2. The second kappa shape index (κ2) is 10.0. The van der Waals surface area contributed by atoms with Crippen molar-refractivity contribution in [3.63, 3.8) is 0 Å². The Kier molecular flexibility index (Phi) is 7.75. The lowest BCUT2D eigenvalue weighted by molar-refractivity contribution is -0.140. The number of amides is 4. The zero-order valence-electron chi connectivity index (χ0n) is 15.5. The molecule has 26 heavy (non-hydrogen) atoms. The van der Waals surface area contributed by atoms with E-state index in [0.29, 0.717) is 6.54 Å². The molecule has 0 radical (unpaired) electrons. The molecule has 2 heterocycles. The van der Waals surface area contributed by atoms with Crippen LogP contribution in [0.5, 0.6) is 0 Å². The van der Waals surface area contributed by atoms with Gasteiger partial charge in [-0.15, -0.1) is 0 Å². The Morgan fingerprint density at radius 1 is 0.654 bits per heavy atom. The summed E-state index contributed by atoms with van der Waals surface area (Å²) in [7, 11) is 0. The third-order valence-electron chi connectivity index (χ3n) is 4.94. The van der Waals surface area contributed by atoms with E-state index < -0.39 is 0 Å². The molecule has 0 aromatic carbocycles. The maximum absolute atomic E-state index is 11.6. The van der Waals surface area contributed by atoms with E-state index in [-0.39, 0.29) is 29.7 Å². The molecule has 142 valence electrons. The number of hydrogen-bond acceptors (Lipinski definition) is 4. The Labute approximate surface area is 154 Å². The molecule has 4 amide bonds. The third-order valence-corrected chi connectivity index (χ3v) is 4.94. The standard InChI is InChI=1S/C20H28N2O4/c1-16(22-19(25)13-14-20(22)26)10-8-6-4-2-3-5-7-9-15-21-17(23)11-12-18(21)24/h11-14,16H,2-10,15H2,1H3. The van der Waals surface area contributed by atoms with Crippen molar-refractivity contribution in [1.29, 1.82) is 0 Å². The number of unbranched alkanes of at least 4 members (excludes halogenated alkanes) is 7. The Bertz CT molecular complexity index is 573. The van der Waals surface area contributed by atoms with Crippen molar-refractivity contribution in [2.24, 2.45) is 0 Å². The van der Waals surface area contributed by atoms with Gasteiger partial charge in [-0.2, -0.15) is 0 Å². The SMILES string of the molecule is CC(CCCCCCCCCCN1C(=O)C=CC1=O)N1C(=O)C=CC1=O. The molecule has 0 aromatic heterocycles. The van der Waals surface area contributed by atoms with Gasteiger partial charge in [-0.05, 0) is 19.8 Å². The largest absolute Gasteiger partial charge is 0.275 e. The maximum atomic E-state index is 11.6. The summed E-state index contributed by atoms with van der Waals surface area (Å²) in [5, 5.41) is 0. The van der Waals surface area contributed by atoms with E-state index in [1.807, 2.05) is 6.92 Å². The van der Waals surface area contributed by atoms with Crippen LogP contribution in [0.1, 0.15) is 64.7 Å². The van der Waals surface area contributed by atoms with Gasteiger partial charge in [-0.1, -0.05) is 44.9 Å². The van der Waals surface area contributed by atoms with Gasteiger partial charge < -0.3 is 0 Å². The molecule has 2 aliphatic heterocycles. The normalized spacial score (nSPS) is 17.9. The summed E-state index contributed by atoms with van der Waals surface area (Å²) in [5.74, 6) is -0.791. The van der Waals surface area contributed by atoms with Crippen LogP contribution in [-0.4, -0.2) is 46.0 Å². The van der Waals surface area contributed by atoms with Gasteiger partial charge in [0.15, 0.2) is 0 Å². The lowest BCUT2D eigenvalue weighted by Crippen LogP contribution is -2.38. The number of carbonyl (C=O) groups excluding carboxylic acids is 4. The Hall–Kier alpha value is -2.24. The Morgan fingerprint density at radius 3 is 1.62 bits per heavy atom. The summed E-state index contributed by atoms with van der Waals surface area (Å²) in [6.45, 7) is 2.44. The monoisotopic (exact) mass is 360 g/mol. The van der Waals surface area contributed by atoms with Crippen LogP contribution in [0.3, 0.4) is 0 Å². The quantitative estimate of drug-likeness (QED) is 0.396. The third kappa shape index (κ3) is 5.64. The summed E-state index contributed by atoms with van der Waals surface area (Å²) in [5.41, 5.74) is 0. The van der Waals surface area contributed by atoms with Crippen LogP contribution in [0, 0.1) is 0 Å². The van der Waals surface area contributed by atoms with E-state index in [4.69, 9.17) is 0 Å². The first-order valence-electron chi connectivity index (χ1n) is 9.59. The van der Waals surface area contributed by atoms with Crippen LogP contribution in [0.25, 0.3) is 0 Å². The molecule has 0 fully saturated rings. The number of rotatable bonds is 12. The lowest BCUT2D eigenvalue weighted by Gasteiger charge is -2.22. The van der Waals surface area contributed by atoms with Crippen molar-refractivity contribution in [1.82, 2.24) is 9.80 Å². The van der Waals surface area contributed by atoms with Crippen molar-refractivity contribution in [2.45, 2.75) is 70.8 Å². The predicted molar refractivity (Wildman–Crippen MR) is 97.9 cm³/mol. The molecule has 2 rings (SSSR count). The highest BCUT2D eigenvalue weighted by Crippen LogP contribution is 2.16. The molecule has 0 aliphatic carbocycles. The zero-order valence-corrected chi connectivity index (χ0v) is 15.5. The minimum atomic E-state index is -0.199. The van der Waals surface area contributed by atoms with E-state index in [1.54, 1.807) is 0 Å². The summed E-state index contributed by atoms with van der Waals surface area (Å²) >= 11 is 0. The minimum Gasteiger partial charge on any atom is -0.275 e. The van der Waals surface area contributed by atoms with Crippen LogP contribution < -0.4 is 0 Å². The van der Waals surface area contributed by atoms with Gasteiger partial charge in [-0.3, -0.25) is 29.0 Å². The molecular formula is C20H28N2O4. The second-order valence-electron chi connectivity index (χ2n) is 7.01. The van der Waals surface area contributed by atoms with E-state index in [9.17, 15) is 19.2 Å². The maximum Gasteiger partial charge on any atom is 0.253 e. The fourth-order valence-corrected chi connectivity index (χ4v) is 3.40. The highest BCUT2D eigenvalue weighted by molar-refractivity contribution is 6.13. The Balaban J connectivity index is 1.41. The zero-order chi connectivity index (χ0) is 18.9. The molecule has 0 saturated heterocycles. The highest BCUT2D eigenvalue weighted by Gasteiger charge is 2.27. The number of nitrogens with zero attached hydrogens (tertiary/aromatic N) is 2. The summed E-state index contributed by atoms with van der Waals surface area (Å²) in [4.78, 5) is 48.6. The molecule has 0 spiro atoms. The molecule has 1 unspecified atom stereocenters. The van der Waals surface area contributed by atoms with Crippen molar-refractivity contribution >= 4 is 23.6 Å². The molecule has 6 heteroatoms. The van der Waals surface area contributed by atoms with Crippen molar-refractivity contribution in [2.75, 3.05) is 6.54 Å². The Morgan fingerprint density at radius 2 is 1.08 bits per heavy atom. The fourth-order valence-electron chi connectivity index (χ4n) is 3.40. The minimum absolute atomic E-state index is 0.0319. The van der Waals surface area contributed by atoms with Gasteiger partial charge >= 0.3 is 0 Å². The summed E-state index contributed by atoms with van der Waals surface area (Å²) in [6.07, 6.45) is 14.8. The lowest BCUT2D eigenvalue weighted by atomic mass is 10.0. The number of carbonyl (C=O) groups is 4. The molecule has 0 saturated carbocycles. The average Bonchev–Trinajstić information content (AvgIpc) is 3.11. The second-order valence-corrected chi connectivity index (χ2v) is 7.01. The molecular weight excluding hydrogens is 332 g/mol. The summed E-state index contributed by atoms with van der Waals surface area (Å²) < 4.78 is 0. The van der Waals surface area contributed by atoms with Crippen LogP contribution in [0.15, 0.2) is 24.3 Å². The van der Waals surface area contributed by atoms with Gasteiger partial charge in [0, 0.05) is 36.9 Å². The van der Waals surface area contributed by atoms with Crippen molar-refractivity contribution in [3.8, 4) is 0 Å². The van der Waals surface area contributed by atoms with E-state index >= 15 is 0 Å². The van der Waals surface area contributed by atoms with Gasteiger partial charge in [0.1, 0.15) is 0 Å². The number of hydrogen-bond donors (Lipinski definition) is 0. The summed E-state index contributed by atoms with van der Waals surface area (Å²) in [6, 6.07) is -0.0319. The first-order valence-corrected chi connectivity index (χ1v) is 9.59. The van der Waals surface area contributed by atoms with Gasteiger partial charge in [0.2, 0.25) is 0 Å². The van der Waals surface area contributed by atoms with E-state index in [2.05, 4.69) is 0 Å². The fraction of sp³-hybridized carbons (Fsp3) is 0.600. The van der Waals surface area contributed by atoms with Gasteiger partial charge in [0.05, 0.1) is 0 Å². The molecule has 0 N–H and O–H groups in total.